The minimum absolute atomic E-state index is 0.609. The Morgan fingerprint density at radius 1 is 0.511 bits per heavy atom. The van der Waals surface area contributed by atoms with Crippen molar-refractivity contribution >= 4 is 54.6 Å². The maximum Gasteiger partial charge on any atom is 0.236 e. The molecule has 0 aliphatic carbocycles. The Balaban J connectivity index is 1.19. The smallest absolute Gasteiger partial charge is 0.236 e. The first-order chi connectivity index (χ1) is 23.3. The fourth-order valence-corrected chi connectivity index (χ4v) is 7.13. The van der Waals surface area contributed by atoms with Crippen LogP contribution in [0.3, 0.4) is 0 Å². The van der Waals surface area contributed by atoms with E-state index in [1.165, 1.54) is 16.3 Å². The molecule has 0 N–H and O–H groups in total. The highest BCUT2D eigenvalue weighted by Gasteiger charge is 2.21. The van der Waals surface area contributed by atoms with E-state index in [0.717, 1.165) is 60.7 Å². The molecule has 4 heterocycles. The number of nitrogens with zero attached hydrogens (tertiary/aromatic N) is 4. The van der Waals surface area contributed by atoms with Crippen molar-refractivity contribution in [2.75, 3.05) is 0 Å². The zero-order chi connectivity index (χ0) is 30.9. The lowest BCUT2D eigenvalue weighted by Crippen LogP contribution is -2.03. The third kappa shape index (κ3) is 3.90. The monoisotopic (exact) mass is 602 g/mol. The minimum atomic E-state index is 0.609. The van der Waals surface area contributed by atoms with Gasteiger partial charge in [-0.3, -0.25) is 4.57 Å². The molecule has 4 aromatic heterocycles. The quantitative estimate of drug-likeness (QED) is 0.201. The summed E-state index contributed by atoms with van der Waals surface area (Å²) in [5.74, 6) is 0.609. The fraction of sp³-hybridized carbons (Fsp3) is 0. The van der Waals surface area contributed by atoms with E-state index in [0.29, 0.717) is 11.5 Å². The topological polar surface area (TPSA) is 48.8 Å². The van der Waals surface area contributed by atoms with Crippen LogP contribution in [-0.4, -0.2) is 19.1 Å². The van der Waals surface area contributed by atoms with E-state index in [2.05, 4.69) is 149 Å². The van der Waals surface area contributed by atoms with Crippen molar-refractivity contribution in [2.24, 2.45) is 0 Å². The predicted molar refractivity (Wildman–Crippen MR) is 191 cm³/mol. The third-order valence-electron chi connectivity index (χ3n) is 9.29. The molecule has 0 radical (unpaired) electrons. The Morgan fingerprint density at radius 2 is 1.28 bits per heavy atom. The number of rotatable bonds is 4. The van der Waals surface area contributed by atoms with Gasteiger partial charge in [-0.2, -0.15) is 0 Å². The van der Waals surface area contributed by atoms with Crippen LogP contribution in [0.5, 0.6) is 0 Å². The van der Waals surface area contributed by atoms with Gasteiger partial charge < -0.3 is 8.98 Å². The van der Waals surface area contributed by atoms with Crippen LogP contribution in [0.15, 0.2) is 162 Å². The zero-order valence-electron chi connectivity index (χ0n) is 25.2. The van der Waals surface area contributed by atoms with Crippen molar-refractivity contribution in [2.45, 2.75) is 0 Å². The molecule has 6 aromatic carbocycles. The van der Waals surface area contributed by atoms with Gasteiger partial charge in [0.15, 0.2) is 5.58 Å². The number of para-hydroxylation sites is 2. The lowest BCUT2D eigenvalue weighted by molar-refractivity contribution is 0.614. The first-order valence-electron chi connectivity index (χ1n) is 15.7. The molecule has 0 saturated heterocycles. The predicted octanol–water partition coefficient (Wildman–Crippen LogP) is 10.8. The van der Waals surface area contributed by atoms with Crippen LogP contribution in [0.4, 0.5) is 0 Å². The lowest BCUT2D eigenvalue weighted by atomic mass is 9.97. The molecule has 0 amide bonds. The zero-order valence-corrected chi connectivity index (χ0v) is 25.2. The fourth-order valence-electron chi connectivity index (χ4n) is 7.13. The molecule has 47 heavy (non-hydrogen) atoms. The summed E-state index contributed by atoms with van der Waals surface area (Å²) in [5, 5.41) is 5.93. The highest BCUT2D eigenvalue weighted by molar-refractivity contribution is 6.18. The Labute approximate surface area is 269 Å². The maximum atomic E-state index is 6.01. The second-order valence-corrected chi connectivity index (χ2v) is 11.9. The Morgan fingerprint density at radius 3 is 2.17 bits per heavy atom. The summed E-state index contributed by atoms with van der Waals surface area (Å²) in [4.78, 5) is 10.3. The summed E-state index contributed by atoms with van der Waals surface area (Å²) in [6.07, 6.45) is 3.84. The number of fused-ring (bicyclic) bond motifs is 7. The van der Waals surface area contributed by atoms with Crippen LogP contribution in [0.1, 0.15) is 0 Å². The van der Waals surface area contributed by atoms with E-state index in [1.807, 2.05) is 12.1 Å². The normalized spacial score (nSPS) is 11.8. The van der Waals surface area contributed by atoms with Gasteiger partial charge in [0.2, 0.25) is 5.95 Å². The van der Waals surface area contributed by atoms with Crippen LogP contribution in [-0.2, 0) is 0 Å². The first kappa shape index (κ1) is 25.8. The molecule has 10 rings (SSSR count). The summed E-state index contributed by atoms with van der Waals surface area (Å²) >= 11 is 0. The molecule has 0 saturated carbocycles. The van der Waals surface area contributed by atoms with Gasteiger partial charge in [-0.25, -0.2) is 9.97 Å². The van der Waals surface area contributed by atoms with Gasteiger partial charge >= 0.3 is 0 Å². The number of benzene rings is 6. The van der Waals surface area contributed by atoms with Crippen molar-refractivity contribution in [1.82, 2.24) is 19.1 Å². The van der Waals surface area contributed by atoms with Gasteiger partial charge in [0.25, 0.3) is 0 Å². The summed E-state index contributed by atoms with van der Waals surface area (Å²) in [6.45, 7) is 0. The van der Waals surface area contributed by atoms with Gasteiger partial charge in [-0.15, -0.1) is 0 Å². The maximum absolute atomic E-state index is 6.01. The molecule has 0 aliphatic rings. The molecular weight excluding hydrogens is 576 g/mol. The number of hydrogen-bond acceptors (Lipinski definition) is 3. The van der Waals surface area contributed by atoms with Crippen molar-refractivity contribution in [3.05, 3.63) is 158 Å². The number of furan rings is 1. The molecule has 10 aromatic rings. The van der Waals surface area contributed by atoms with Crippen molar-refractivity contribution in [3.8, 4) is 34.0 Å². The second kappa shape index (κ2) is 10.0. The Kier molecular flexibility index (Phi) is 5.51. The first-order valence-corrected chi connectivity index (χ1v) is 15.7. The Hall–Kier alpha value is -6.46. The van der Waals surface area contributed by atoms with Crippen LogP contribution in [0.2, 0.25) is 0 Å². The van der Waals surface area contributed by atoms with Crippen molar-refractivity contribution in [1.29, 1.82) is 0 Å². The van der Waals surface area contributed by atoms with E-state index >= 15 is 0 Å². The van der Waals surface area contributed by atoms with E-state index in [1.54, 1.807) is 6.26 Å². The SMILES string of the molecule is c1ccc(-n2ccc3c2ccc2c4ccccc4n(-c4nc(-c5ccc(-c6cccc7ccccc67)cc5)c5occc5n4)c23)cc1. The van der Waals surface area contributed by atoms with Crippen LogP contribution >= 0.6 is 0 Å². The van der Waals surface area contributed by atoms with Crippen LogP contribution in [0, 0.1) is 0 Å². The third-order valence-corrected chi connectivity index (χ3v) is 9.29. The molecule has 0 unspecified atom stereocenters. The summed E-state index contributed by atoms with van der Waals surface area (Å²) in [7, 11) is 0. The Bertz CT molecular complexity index is 2780. The van der Waals surface area contributed by atoms with Crippen molar-refractivity contribution in [3.63, 3.8) is 0 Å². The van der Waals surface area contributed by atoms with Gasteiger partial charge in [-0.1, -0.05) is 109 Å². The van der Waals surface area contributed by atoms with E-state index in [-0.39, 0.29) is 0 Å². The van der Waals surface area contributed by atoms with E-state index in [4.69, 9.17) is 14.4 Å². The minimum Gasteiger partial charge on any atom is -0.460 e. The van der Waals surface area contributed by atoms with E-state index in [9.17, 15) is 0 Å². The molecule has 0 atom stereocenters. The summed E-state index contributed by atoms with van der Waals surface area (Å²) < 4.78 is 10.5. The number of aromatic nitrogens is 4. The van der Waals surface area contributed by atoms with Crippen molar-refractivity contribution < 1.29 is 4.42 Å². The number of hydrogen-bond donors (Lipinski definition) is 0. The average Bonchev–Trinajstić information content (AvgIpc) is 3.87. The lowest BCUT2D eigenvalue weighted by Gasteiger charge is -2.11. The van der Waals surface area contributed by atoms with Gasteiger partial charge in [0.05, 0.1) is 22.8 Å². The molecule has 0 spiro atoms. The summed E-state index contributed by atoms with van der Waals surface area (Å²) in [5.41, 5.74) is 9.92. The van der Waals surface area contributed by atoms with Crippen LogP contribution < -0.4 is 0 Å². The average molecular weight is 603 g/mol. The van der Waals surface area contributed by atoms with E-state index < -0.39 is 0 Å². The molecule has 220 valence electrons. The molecule has 0 fully saturated rings. The van der Waals surface area contributed by atoms with Gasteiger partial charge in [0.1, 0.15) is 11.2 Å². The largest absolute Gasteiger partial charge is 0.460 e. The highest BCUT2D eigenvalue weighted by atomic mass is 16.3. The molecule has 0 bridgehead atoms. The molecule has 0 aliphatic heterocycles. The molecule has 5 nitrogen and oxygen atoms in total. The standard InChI is InChI=1S/C42H26N4O/c1-2-11-30(12-3-1)45-25-23-35-37(45)22-21-34-33-14-6-7-16-38(33)46(40(34)35)42-43-36-24-26-47-41(36)39(44-42)29-19-17-28(18-20-29)32-15-8-10-27-9-4-5-13-31(27)32/h1-26H. The molecule has 5 heteroatoms. The van der Waals surface area contributed by atoms with Crippen LogP contribution in [0.25, 0.3) is 88.6 Å². The highest BCUT2D eigenvalue weighted by Crippen LogP contribution is 2.38. The second-order valence-electron chi connectivity index (χ2n) is 11.9. The molecular formula is C42H26N4O. The van der Waals surface area contributed by atoms with Gasteiger partial charge in [0, 0.05) is 39.7 Å². The summed E-state index contributed by atoms with van der Waals surface area (Å²) in [6, 6.07) is 51.1. The van der Waals surface area contributed by atoms with Gasteiger partial charge in [-0.05, 0) is 52.2 Å².